The van der Waals surface area contributed by atoms with Crippen molar-refractivity contribution in [3.05, 3.63) is 0 Å². The topological polar surface area (TPSA) is 18.8 Å². The van der Waals surface area contributed by atoms with Crippen LogP contribution in [0, 0.1) is 0 Å². The van der Waals surface area contributed by atoms with Crippen LogP contribution in [0.15, 0.2) is 5.10 Å². The van der Waals surface area contributed by atoms with Crippen LogP contribution in [-0.2, 0) is 0 Å². The van der Waals surface area contributed by atoms with Crippen molar-refractivity contribution < 1.29 is 22.0 Å². The van der Waals surface area contributed by atoms with Gasteiger partial charge in [0.25, 0.3) is 0 Å². The lowest BCUT2D eigenvalue weighted by atomic mass is 10.2. The monoisotopic (exact) mass is 343 g/mol. The van der Waals surface area contributed by atoms with Gasteiger partial charge in [-0.05, 0) is 6.92 Å². The van der Waals surface area contributed by atoms with Gasteiger partial charge in [0.05, 0.1) is 22.9 Å². The first kappa shape index (κ1) is 12.7. The van der Waals surface area contributed by atoms with Crippen molar-refractivity contribution >= 4 is 29.2 Å². The lowest BCUT2D eigenvalue weighted by Gasteiger charge is -2.33. The molecule has 0 aromatic rings. The van der Waals surface area contributed by atoms with Gasteiger partial charge < -0.3 is 0 Å². The highest BCUT2D eigenvalue weighted by Crippen LogP contribution is 2.43. The smallest absolute Gasteiger partial charge is 0.274 e. The highest BCUT2D eigenvalue weighted by atomic mass is 127. The zero-order valence-electron chi connectivity index (χ0n) is 7.47. The Labute approximate surface area is 96.4 Å². The van der Waals surface area contributed by atoms with Crippen LogP contribution < -0.4 is 0 Å². The Morgan fingerprint density at radius 2 is 1.87 bits per heavy atom. The second-order valence-corrected chi connectivity index (χ2v) is 3.94. The molecule has 0 fully saturated rings. The fourth-order valence-electron chi connectivity index (χ4n) is 1.11. The van der Waals surface area contributed by atoms with Crippen LogP contribution in [0.2, 0.25) is 0 Å². The fourth-order valence-corrected chi connectivity index (χ4v) is 1.86. The Morgan fingerprint density at radius 3 is 2.27 bits per heavy atom. The number of halogens is 6. The normalized spacial score (nSPS) is 22.7. The molecule has 3 nitrogen and oxygen atoms in total. The molecule has 0 amide bonds. The predicted octanol–water partition coefficient (Wildman–Crippen LogP) is 2.44. The van der Waals surface area contributed by atoms with E-state index >= 15 is 0 Å². The molecule has 88 valence electrons. The molecule has 1 atom stereocenters. The molecule has 0 aliphatic carbocycles. The van der Waals surface area contributed by atoms with Crippen LogP contribution in [-0.4, -0.2) is 39.3 Å². The van der Waals surface area contributed by atoms with Gasteiger partial charge in [-0.2, -0.15) is 27.1 Å². The SMILES string of the molecule is CCN1N=CN(I)C1C(F)(F)C(F)(F)F. The quantitative estimate of drug-likeness (QED) is 0.436. The Kier molecular flexibility index (Phi) is 3.31. The molecule has 1 rings (SSSR count). The average molecular weight is 343 g/mol. The second-order valence-electron chi connectivity index (χ2n) is 2.83. The van der Waals surface area contributed by atoms with Crippen LogP contribution in [0.25, 0.3) is 0 Å². The van der Waals surface area contributed by atoms with E-state index in [1.54, 1.807) is 0 Å². The zero-order valence-corrected chi connectivity index (χ0v) is 9.63. The van der Waals surface area contributed by atoms with Gasteiger partial charge in [-0.3, -0.25) is 8.12 Å². The van der Waals surface area contributed by atoms with Gasteiger partial charge in [0, 0.05) is 6.54 Å². The lowest BCUT2D eigenvalue weighted by Crippen LogP contribution is -2.56. The van der Waals surface area contributed by atoms with E-state index in [9.17, 15) is 22.0 Å². The molecular formula is C6H7F5IN3. The third-order valence-corrected chi connectivity index (χ3v) is 2.63. The molecule has 0 aromatic heterocycles. The Morgan fingerprint density at radius 1 is 1.33 bits per heavy atom. The molecule has 1 aliphatic rings. The highest BCUT2D eigenvalue weighted by molar-refractivity contribution is 14.1. The van der Waals surface area contributed by atoms with Crippen molar-refractivity contribution in [1.29, 1.82) is 0 Å². The molecule has 1 heterocycles. The van der Waals surface area contributed by atoms with Crippen LogP contribution in [0.3, 0.4) is 0 Å². The maximum absolute atomic E-state index is 13.0. The molecular weight excluding hydrogens is 336 g/mol. The largest absolute Gasteiger partial charge is 0.457 e. The summed E-state index contributed by atoms with van der Waals surface area (Å²) in [6, 6.07) is 0. The summed E-state index contributed by atoms with van der Waals surface area (Å²) < 4.78 is 63.1. The van der Waals surface area contributed by atoms with E-state index in [1.807, 2.05) is 0 Å². The van der Waals surface area contributed by atoms with Gasteiger partial charge in [0.2, 0.25) is 6.17 Å². The third kappa shape index (κ3) is 2.11. The van der Waals surface area contributed by atoms with Gasteiger partial charge in [-0.15, -0.1) is 0 Å². The maximum Gasteiger partial charge on any atom is 0.457 e. The van der Waals surface area contributed by atoms with Crippen molar-refractivity contribution in [3.63, 3.8) is 0 Å². The third-order valence-electron chi connectivity index (χ3n) is 1.85. The zero-order chi connectivity index (χ0) is 11.9. The van der Waals surface area contributed by atoms with Crippen LogP contribution in [0.4, 0.5) is 22.0 Å². The molecule has 0 N–H and O–H groups in total. The van der Waals surface area contributed by atoms with Gasteiger partial charge in [0.1, 0.15) is 6.34 Å². The Bertz CT molecular complexity index is 266. The molecule has 0 saturated heterocycles. The van der Waals surface area contributed by atoms with Gasteiger partial charge in [0.15, 0.2) is 0 Å². The molecule has 0 saturated carbocycles. The molecule has 0 bridgehead atoms. The number of rotatable bonds is 2. The van der Waals surface area contributed by atoms with E-state index in [0.717, 1.165) is 9.45 Å². The van der Waals surface area contributed by atoms with E-state index in [2.05, 4.69) is 5.10 Å². The van der Waals surface area contributed by atoms with Crippen LogP contribution in [0.1, 0.15) is 6.92 Å². The van der Waals surface area contributed by atoms with Crippen molar-refractivity contribution in [1.82, 2.24) is 8.12 Å². The van der Waals surface area contributed by atoms with E-state index < -0.39 is 18.3 Å². The molecule has 0 radical (unpaired) electrons. The summed E-state index contributed by atoms with van der Waals surface area (Å²) in [6.45, 7) is 1.43. The Balaban J connectivity index is 2.96. The predicted molar refractivity (Wildman–Crippen MR) is 51.5 cm³/mol. The molecule has 9 heteroatoms. The number of hydrogen-bond donors (Lipinski definition) is 0. The minimum absolute atomic E-state index is 0.0215. The summed E-state index contributed by atoms with van der Waals surface area (Å²) in [4.78, 5) is 0. The summed E-state index contributed by atoms with van der Waals surface area (Å²) in [5.41, 5.74) is 0. The summed E-state index contributed by atoms with van der Waals surface area (Å²) in [7, 11) is 0. The average Bonchev–Trinajstić information content (AvgIpc) is 2.44. The standard InChI is InChI=1S/C6H7F5IN3/c1-2-15-4(14(12)3-13-15)5(7,8)6(9,10)11/h3-4H,2H2,1H3. The molecule has 0 spiro atoms. The summed E-state index contributed by atoms with van der Waals surface area (Å²) in [5.74, 6) is -4.82. The van der Waals surface area contributed by atoms with Crippen molar-refractivity contribution in [2.45, 2.75) is 25.2 Å². The van der Waals surface area contributed by atoms with Gasteiger partial charge in [-0.1, -0.05) is 0 Å². The first-order valence-electron chi connectivity index (χ1n) is 3.91. The number of hydrogen-bond acceptors (Lipinski definition) is 3. The first-order chi connectivity index (χ1) is 6.71. The summed E-state index contributed by atoms with van der Waals surface area (Å²) in [6.07, 6.45) is -6.75. The van der Waals surface area contributed by atoms with Gasteiger partial charge in [-0.25, -0.2) is 0 Å². The highest BCUT2D eigenvalue weighted by Gasteiger charge is 2.66. The molecule has 0 aromatic carbocycles. The van der Waals surface area contributed by atoms with Crippen molar-refractivity contribution in [2.75, 3.05) is 6.54 Å². The number of nitrogens with zero attached hydrogens (tertiary/aromatic N) is 3. The van der Waals surface area contributed by atoms with Crippen molar-refractivity contribution in [3.8, 4) is 0 Å². The van der Waals surface area contributed by atoms with Crippen LogP contribution >= 0.6 is 22.9 Å². The second kappa shape index (κ2) is 3.91. The van der Waals surface area contributed by atoms with E-state index in [-0.39, 0.29) is 6.54 Å². The minimum Gasteiger partial charge on any atom is -0.274 e. The minimum atomic E-state index is -5.58. The van der Waals surface area contributed by atoms with Crippen molar-refractivity contribution in [2.24, 2.45) is 5.10 Å². The number of alkyl halides is 5. The molecule has 1 unspecified atom stereocenters. The van der Waals surface area contributed by atoms with E-state index in [0.29, 0.717) is 5.01 Å². The lowest BCUT2D eigenvalue weighted by molar-refractivity contribution is -0.308. The summed E-state index contributed by atoms with van der Waals surface area (Å²) >= 11 is 1.36. The summed E-state index contributed by atoms with van der Waals surface area (Å²) in [5, 5.41) is 4.14. The number of hydrazone groups is 1. The maximum atomic E-state index is 13.0. The van der Waals surface area contributed by atoms with E-state index in [4.69, 9.17) is 0 Å². The first-order valence-corrected chi connectivity index (χ1v) is 4.87. The van der Waals surface area contributed by atoms with Crippen LogP contribution in [0.5, 0.6) is 0 Å². The molecule has 15 heavy (non-hydrogen) atoms. The fraction of sp³-hybridized carbons (Fsp3) is 0.833. The van der Waals surface area contributed by atoms with E-state index in [1.165, 1.54) is 29.8 Å². The molecule has 1 aliphatic heterocycles. The Hall–Kier alpha value is -0.350. The van der Waals surface area contributed by atoms with Gasteiger partial charge >= 0.3 is 12.1 Å².